The average Bonchev–Trinajstić information content (AvgIpc) is 3.15. The summed E-state index contributed by atoms with van der Waals surface area (Å²) in [6.45, 7) is 3.75. The lowest BCUT2D eigenvalue weighted by Crippen LogP contribution is -2.34. The van der Waals surface area contributed by atoms with Gasteiger partial charge in [0.05, 0.1) is 19.8 Å². The quantitative estimate of drug-likeness (QED) is 0.0237. The maximum atomic E-state index is 12.6. The van der Waals surface area contributed by atoms with Crippen LogP contribution >= 0.6 is 7.82 Å². The Morgan fingerprint density at radius 2 is 1.07 bits per heavy atom. The fraction of sp³-hybridized carbons (Fsp3) is 0.767. The molecule has 0 rings (SSSR count). The summed E-state index contributed by atoms with van der Waals surface area (Å²) in [6, 6.07) is -1.48. The van der Waals surface area contributed by atoms with Crippen LogP contribution < -0.4 is 5.73 Å². The van der Waals surface area contributed by atoms with Crippen LogP contribution in [0.25, 0.3) is 0 Å². The van der Waals surface area contributed by atoms with Crippen molar-refractivity contribution < 1.29 is 42.7 Å². The largest absolute Gasteiger partial charge is 0.480 e. The van der Waals surface area contributed by atoms with E-state index in [4.69, 9.17) is 29.4 Å². The molecule has 0 radical (unpaired) electrons. The van der Waals surface area contributed by atoms with Crippen molar-refractivity contribution in [1.29, 1.82) is 0 Å². The summed E-state index contributed by atoms with van der Waals surface area (Å²) < 4.78 is 33.3. The highest BCUT2D eigenvalue weighted by Gasteiger charge is 2.27. The standard InChI is InChI=1S/C43H78NO9P/c1-3-5-7-9-11-13-15-17-18-19-20-21-22-23-25-27-29-31-33-35-42(45)53-40(38-51-54(48,49)52-39-41(44)43(46)47)37-50-36-34-32-30-28-26-24-16-14-12-10-8-6-4-2/h5,7,11,13,17-18,20-21,40-41H,3-4,6,8-10,12,14-16,19,22-39,44H2,1-2H3,(H,46,47)(H,48,49)/b7-5-,13-11-,18-17-,21-20-. The lowest BCUT2D eigenvalue weighted by molar-refractivity contribution is -0.154. The second-order valence-electron chi connectivity index (χ2n) is 14.1. The Hall–Kier alpha value is -2.07. The van der Waals surface area contributed by atoms with Gasteiger partial charge in [-0.15, -0.1) is 0 Å². The van der Waals surface area contributed by atoms with Crippen LogP contribution in [-0.2, 0) is 32.7 Å². The molecule has 0 aromatic heterocycles. The van der Waals surface area contributed by atoms with E-state index in [1.54, 1.807) is 0 Å². The number of esters is 1. The van der Waals surface area contributed by atoms with Gasteiger partial charge in [0.1, 0.15) is 12.1 Å². The highest BCUT2D eigenvalue weighted by molar-refractivity contribution is 7.47. The first kappa shape index (κ1) is 51.9. The minimum absolute atomic E-state index is 0.0118. The number of carbonyl (C=O) groups excluding carboxylic acids is 1. The third-order valence-corrected chi connectivity index (χ3v) is 9.82. The third-order valence-electron chi connectivity index (χ3n) is 8.87. The van der Waals surface area contributed by atoms with Crippen molar-refractivity contribution in [2.45, 2.75) is 187 Å². The molecule has 0 amide bonds. The molecule has 0 spiro atoms. The second-order valence-corrected chi connectivity index (χ2v) is 15.5. The fourth-order valence-corrected chi connectivity index (χ4v) is 6.37. The van der Waals surface area contributed by atoms with Crippen molar-refractivity contribution in [3.05, 3.63) is 48.6 Å². The highest BCUT2D eigenvalue weighted by atomic mass is 31.2. The lowest BCUT2D eigenvalue weighted by atomic mass is 10.0. The summed E-state index contributed by atoms with van der Waals surface area (Å²) in [5.74, 6) is -1.79. The van der Waals surface area contributed by atoms with E-state index < -0.39 is 45.1 Å². The highest BCUT2D eigenvalue weighted by Crippen LogP contribution is 2.43. The van der Waals surface area contributed by atoms with Gasteiger partial charge in [-0.25, -0.2) is 4.57 Å². The molecule has 0 heterocycles. The number of carboxylic acids is 1. The number of ether oxygens (including phenoxy) is 2. The van der Waals surface area contributed by atoms with Gasteiger partial charge in [-0.2, -0.15) is 0 Å². The van der Waals surface area contributed by atoms with Gasteiger partial charge in [0.15, 0.2) is 0 Å². The summed E-state index contributed by atoms with van der Waals surface area (Å²) >= 11 is 0. The van der Waals surface area contributed by atoms with Crippen LogP contribution in [0.4, 0.5) is 0 Å². The zero-order valence-electron chi connectivity index (χ0n) is 34.1. The van der Waals surface area contributed by atoms with Crippen molar-refractivity contribution in [2.24, 2.45) is 5.73 Å². The Kier molecular flexibility index (Phi) is 37.7. The summed E-state index contributed by atoms with van der Waals surface area (Å²) in [6.07, 6.45) is 44.4. The van der Waals surface area contributed by atoms with Crippen molar-refractivity contribution in [3.63, 3.8) is 0 Å². The van der Waals surface area contributed by atoms with Gasteiger partial charge in [0.25, 0.3) is 0 Å². The maximum Gasteiger partial charge on any atom is 0.472 e. The molecule has 54 heavy (non-hydrogen) atoms. The zero-order chi connectivity index (χ0) is 39.8. The zero-order valence-corrected chi connectivity index (χ0v) is 35.0. The number of phosphoric acid groups is 1. The van der Waals surface area contributed by atoms with E-state index in [0.29, 0.717) is 13.0 Å². The lowest BCUT2D eigenvalue weighted by Gasteiger charge is -2.20. The monoisotopic (exact) mass is 784 g/mol. The first-order valence-corrected chi connectivity index (χ1v) is 22.7. The van der Waals surface area contributed by atoms with Crippen molar-refractivity contribution in [3.8, 4) is 0 Å². The van der Waals surface area contributed by atoms with Crippen molar-refractivity contribution in [1.82, 2.24) is 0 Å². The minimum atomic E-state index is -4.62. The predicted octanol–water partition coefficient (Wildman–Crippen LogP) is 11.5. The van der Waals surface area contributed by atoms with Gasteiger partial charge in [-0.1, -0.05) is 165 Å². The SMILES string of the molecule is CC/C=C\C/C=C\C/C=C\C/C=C\CCCCCCCCC(=O)OC(COCCCCCCCCCCCCCCC)COP(=O)(O)OCC(N)C(=O)O. The molecule has 0 aliphatic heterocycles. The second kappa shape index (κ2) is 39.2. The normalized spacial score (nSPS) is 14.4. The molecule has 11 heteroatoms. The van der Waals surface area contributed by atoms with Crippen LogP contribution in [0.2, 0.25) is 0 Å². The van der Waals surface area contributed by atoms with Crippen molar-refractivity contribution >= 4 is 19.8 Å². The summed E-state index contributed by atoms with van der Waals surface area (Å²) in [7, 11) is -4.62. The van der Waals surface area contributed by atoms with Crippen LogP contribution in [-0.4, -0.2) is 60.5 Å². The summed E-state index contributed by atoms with van der Waals surface area (Å²) in [5.41, 5.74) is 5.35. The summed E-state index contributed by atoms with van der Waals surface area (Å²) in [4.78, 5) is 33.5. The number of hydrogen-bond acceptors (Lipinski definition) is 8. The number of rotatable bonds is 40. The van der Waals surface area contributed by atoms with E-state index in [1.165, 1.54) is 64.2 Å². The fourth-order valence-electron chi connectivity index (χ4n) is 5.59. The van der Waals surface area contributed by atoms with Crippen LogP contribution in [0, 0.1) is 0 Å². The molecule has 0 saturated heterocycles. The molecule has 10 nitrogen and oxygen atoms in total. The molecule has 3 unspecified atom stereocenters. The molecular weight excluding hydrogens is 705 g/mol. The predicted molar refractivity (Wildman–Crippen MR) is 221 cm³/mol. The van der Waals surface area contributed by atoms with Gasteiger partial charge in [-0.3, -0.25) is 18.6 Å². The smallest absolute Gasteiger partial charge is 0.472 e. The molecule has 0 aliphatic carbocycles. The molecule has 3 atom stereocenters. The van der Waals surface area contributed by atoms with Crippen LogP contribution in [0.1, 0.15) is 174 Å². The van der Waals surface area contributed by atoms with Gasteiger partial charge < -0.3 is 25.2 Å². The van der Waals surface area contributed by atoms with E-state index in [2.05, 4.69) is 62.5 Å². The Bertz CT molecular complexity index is 1050. The molecular formula is C43H78NO9P. The Labute approximate surface area is 329 Å². The Morgan fingerprint density at radius 1 is 0.611 bits per heavy atom. The number of unbranched alkanes of at least 4 members (excludes halogenated alkanes) is 18. The van der Waals surface area contributed by atoms with E-state index in [0.717, 1.165) is 83.5 Å². The molecule has 0 bridgehead atoms. The number of phosphoric ester groups is 1. The molecule has 0 aliphatic rings. The molecule has 314 valence electrons. The number of allylic oxidation sites excluding steroid dienone is 8. The summed E-state index contributed by atoms with van der Waals surface area (Å²) in [5, 5.41) is 8.89. The molecule has 0 aromatic rings. The first-order valence-electron chi connectivity index (χ1n) is 21.2. The van der Waals surface area contributed by atoms with E-state index in [1.807, 2.05) is 0 Å². The topological polar surface area (TPSA) is 155 Å². The molecule has 0 fully saturated rings. The van der Waals surface area contributed by atoms with Gasteiger partial charge in [-0.05, 0) is 51.4 Å². The molecule has 4 N–H and O–H groups in total. The molecule has 0 aromatic carbocycles. The van der Waals surface area contributed by atoms with Gasteiger partial charge in [0.2, 0.25) is 0 Å². The number of carboxylic acid groups (broad SMARTS) is 1. The van der Waals surface area contributed by atoms with E-state index in [9.17, 15) is 19.0 Å². The third kappa shape index (κ3) is 38.2. The maximum absolute atomic E-state index is 12.6. The first-order chi connectivity index (χ1) is 26.2. The van der Waals surface area contributed by atoms with E-state index >= 15 is 0 Å². The molecule has 0 saturated carbocycles. The van der Waals surface area contributed by atoms with Crippen LogP contribution in [0.3, 0.4) is 0 Å². The van der Waals surface area contributed by atoms with Gasteiger partial charge >= 0.3 is 19.8 Å². The Morgan fingerprint density at radius 3 is 1.61 bits per heavy atom. The Balaban J connectivity index is 4.27. The number of nitrogens with two attached hydrogens (primary N) is 1. The van der Waals surface area contributed by atoms with E-state index in [-0.39, 0.29) is 13.0 Å². The van der Waals surface area contributed by atoms with Crippen molar-refractivity contribution in [2.75, 3.05) is 26.4 Å². The number of aliphatic carboxylic acids is 1. The van der Waals surface area contributed by atoms with Crippen LogP contribution in [0.5, 0.6) is 0 Å². The number of carbonyl (C=O) groups is 2. The van der Waals surface area contributed by atoms with Gasteiger partial charge in [0, 0.05) is 13.0 Å². The van der Waals surface area contributed by atoms with Crippen LogP contribution in [0.15, 0.2) is 48.6 Å². The minimum Gasteiger partial charge on any atom is -0.480 e. The number of hydrogen-bond donors (Lipinski definition) is 3. The average molecular weight is 784 g/mol.